The van der Waals surface area contributed by atoms with Gasteiger partial charge in [-0.15, -0.1) is 0 Å². The Morgan fingerprint density at radius 2 is 1.91 bits per heavy atom. The van der Waals surface area contributed by atoms with Crippen molar-refractivity contribution in [3.8, 4) is 0 Å². The van der Waals surface area contributed by atoms with Crippen molar-refractivity contribution >= 4 is 5.91 Å². The lowest BCUT2D eigenvalue weighted by molar-refractivity contribution is -0.162. The van der Waals surface area contributed by atoms with Crippen LogP contribution >= 0.6 is 0 Å². The summed E-state index contributed by atoms with van der Waals surface area (Å²) in [6.07, 6.45) is 9.52. The second-order valence-corrected chi connectivity index (χ2v) is 8.02. The van der Waals surface area contributed by atoms with Crippen LogP contribution in [0.15, 0.2) is 0 Å². The van der Waals surface area contributed by atoms with E-state index >= 15 is 0 Å². The van der Waals surface area contributed by atoms with Crippen molar-refractivity contribution in [1.82, 2.24) is 9.80 Å². The van der Waals surface area contributed by atoms with Crippen molar-refractivity contribution in [1.29, 1.82) is 0 Å². The molecule has 0 aromatic heterocycles. The molecule has 0 radical (unpaired) electrons. The van der Waals surface area contributed by atoms with Crippen molar-refractivity contribution in [3.63, 3.8) is 0 Å². The summed E-state index contributed by atoms with van der Waals surface area (Å²) >= 11 is 0. The number of carbonyl (C=O) groups excluding carboxylic acids is 1. The zero-order chi connectivity index (χ0) is 16.4. The number of rotatable bonds is 5. The molecule has 3 aliphatic rings. The van der Waals surface area contributed by atoms with Crippen LogP contribution in [0.25, 0.3) is 0 Å². The van der Waals surface area contributed by atoms with Gasteiger partial charge in [0.2, 0.25) is 5.91 Å². The molecule has 3 rings (SSSR count). The van der Waals surface area contributed by atoms with Gasteiger partial charge < -0.3 is 14.5 Å². The van der Waals surface area contributed by atoms with Gasteiger partial charge in [0.1, 0.15) is 0 Å². The maximum atomic E-state index is 11.5. The molecule has 3 fully saturated rings. The van der Waals surface area contributed by atoms with Gasteiger partial charge in [-0.25, -0.2) is 0 Å². The second kappa shape index (κ2) is 7.10. The molecule has 2 saturated carbocycles. The molecule has 1 spiro atoms. The van der Waals surface area contributed by atoms with Gasteiger partial charge in [-0.3, -0.25) is 4.79 Å². The smallest absolute Gasteiger partial charge is 0.219 e. The molecule has 1 heterocycles. The second-order valence-electron chi connectivity index (χ2n) is 8.02. The largest absolute Gasteiger partial charge is 0.378 e. The monoisotopic (exact) mass is 322 g/mol. The molecule has 4 nitrogen and oxygen atoms in total. The van der Waals surface area contributed by atoms with Gasteiger partial charge in [-0.1, -0.05) is 12.8 Å². The summed E-state index contributed by atoms with van der Waals surface area (Å²) in [5, 5.41) is 0. The molecule has 2 atom stereocenters. The zero-order valence-electron chi connectivity index (χ0n) is 15.2. The van der Waals surface area contributed by atoms with Gasteiger partial charge >= 0.3 is 0 Å². The highest BCUT2D eigenvalue weighted by atomic mass is 16.5. The van der Waals surface area contributed by atoms with Crippen LogP contribution in [-0.4, -0.2) is 61.1 Å². The van der Waals surface area contributed by atoms with Gasteiger partial charge in [-0.2, -0.15) is 0 Å². The van der Waals surface area contributed by atoms with Gasteiger partial charge in [-0.05, 0) is 52.0 Å². The Kier molecular flexibility index (Phi) is 5.32. The Bertz CT molecular complexity index is 412. The van der Waals surface area contributed by atoms with E-state index in [1.807, 2.05) is 4.90 Å². The van der Waals surface area contributed by atoms with E-state index in [4.69, 9.17) is 4.74 Å². The average molecular weight is 322 g/mol. The molecule has 0 N–H and O–H groups in total. The van der Waals surface area contributed by atoms with Crippen molar-refractivity contribution in [2.75, 3.05) is 33.3 Å². The number of likely N-dealkylation sites (tertiary alicyclic amines) is 1. The number of carbonyl (C=O) groups is 1. The highest BCUT2D eigenvalue weighted by molar-refractivity contribution is 5.73. The fraction of sp³-hybridized carbons (Fsp3) is 0.947. The Labute approximate surface area is 141 Å². The van der Waals surface area contributed by atoms with Crippen molar-refractivity contribution < 1.29 is 9.53 Å². The summed E-state index contributed by atoms with van der Waals surface area (Å²) in [5.74, 6) is 0.987. The first-order valence-corrected chi connectivity index (χ1v) is 9.64. The Morgan fingerprint density at radius 1 is 1.26 bits per heavy atom. The van der Waals surface area contributed by atoms with Crippen LogP contribution in [-0.2, 0) is 9.53 Å². The van der Waals surface area contributed by atoms with Crippen molar-refractivity contribution in [2.24, 2.45) is 11.3 Å². The van der Waals surface area contributed by atoms with Crippen molar-refractivity contribution in [3.05, 3.63) is 0 Å². The Hall–Kier alpha value is -0.610. The average Bonchev–Trinajstić information content (AvgIpc) is 3.04. The molecule has 4 heteroatoms. The normalized spacial score (nSPS) is 30.9. The number of hydrogen-bond donors (Lipinski definition) is 0. The lowest BCUT2D eigenvalue weighted by atomic mass is 9.60. The molecule has 1 saturated heterocycles. The van der Waals surface area contributed by atoms with Crippen LogP contribution in [0.1, 0.15) is 58.8 Å². The number of nitrogens with zero attached hydrogens (tertiary/aromatic N) is 2. The molecule has 0 aromatic rings. The van der Waals surface area contributed by atoms with Gasteiger partial charge in [0, 0.05) is 44.6 Å². The predicted octanol–water partition coefficient (Wildman–Crippen LogP) is 2.91. The quantitative estimate of drug-likeness (QED) is 0.780. The number of ether oxygens (including phenoxy) is 1. The first-order valence-electron chi connectivity index (χ1n) is 9.64. The van der Waals surface area contributed by atoms with E-state index in [1.54, 1.807) is 6.92 Å². The fourth-order valence-corrected chi connectivity index (χ4v) is 5.43. The SMILES string of the molecule is CCO[C@H]1C[C@@H](N(C)CC2CCN(C(C)=O)CC2)C12CCCC2. The van der Waals surface area contributed by atoms with Gasteiger partial charge in [0.25, 0.3) is 0 Å². The number of amides is 1. The van der Waals surface area contributed by atoms with Gasteiger partial charge in [0.15, 0.2) is 0 Å². The predicted molar refractivity (Wildman–Crippen MR) is 92.3 cm³/mol. The summed E-state index contributed by atoms with van der Waals surface area (Å²) in [7, 11) is 2.32. The van der Waals surface area contributed by atoms with Crippen LogP contribution in [0.4, 0.5) is 0 Å². The molecular weight excluding hydrogens is 288 g/mol. The molecule has 0 aromatic carbocycles. The molecule has 1 amide bonds. The molecule has 132 valence electrons. The topological polar surface area (TPSA) is 32.8 Å². The lowest BCUT2D eigenvalue weighted by Gasteiger charge is -2.57. The molecule has 0 unspecified atom stereocenters. The maximum Gasteiger partial charge on any atom is 0.219 e. The van der Waals surface area contributed by atoms with Crippen LogP contribution in [0.5, 0.6) is 0 Å². The summed E-state index contributed by atoms with van der Waals surface area (Å²) < 4.78 is 6.06. The summed E-state index contributed by atoms with van der Waals surface area (Å²) in [6, 6.07) is 0.715. The van der Waals surface area contributed by atoms with E-state index < -0.39 is 0 Å². The van der Waals surface area contributed by atoms with E-state index in [-0.39, 0.29) is 5.91 Å². The highest BCUT2D eigenvalue weighted by Crippen LogP contribution is 2.56. The van der Waals surface area contributed by atoms with E-state index in [0.717, 1.165) is 25.6 Å². The summed E-state index contributed by atoms with van der Waals surface area (Å²) in [6.45, 7) is 7.76. The number of hydrogen-bond acceptors (Lipinski definition) is 3. The third-order valence-corrected chi connectivity index (χ3v) is 6.78. The first kappa shape index (κ1) is 17.2. The zero-order valence-corrected chi connectivity index (χ0v) is 15.2. The fourth-order valence-electron chi connectivity index (χ4n) is 5.43. The molecule has 0 bridgehead atoms. The van der Waals surface area contributed by atoms with Crippen molar-refractivity contribution in [2.45, 2.75) is 70.9 Å². The third-order valence-electron chi connectivity index (χ3n) is 6.78. The highest BCUT2D eigenvalue weighted by Gasteiger charge is 2.57. The minimum Gasteiger partial charge on any atom is -0.378 e. The summed E-state index contributed by atoms with van der Waals surface area (Å²) in [4.78, 5) is 16.1. The van der Waals surface area contributed by atoms with Crippen LogP contribution in [0.3, 0.4) is 0 Å². The third kappa shape index (κ3) is 3.30. The Morgan fingerprint density at radius 3 is 2.48 bits per heavy atom. The minimum absolute atomic E-state index is 0.236. The van der Waals surface area contributed by atoms with E-state index in [0.29, 0.717) is 17.6 Å². The molecular formula is C19H34N2O2. The maximum absolute atomic E-state index is 11.5. The van der Waals surface area contributed by atoms with E-state index in [2.05, 4.69) is 18.9 Å². The van der Waals surface area contributed by atoms with E-state index in [1.165, 1.54) is 51.5 Å². The van der Waals surface area contributed by atoms with Gasteiger partial charge in [0.05, 0.1) is 6.10 Å². The Balaban J connectivity index is 1.53. The lowest BCUT2D eigenvalue weighted by Crippen LogP contribution is -2.63. The summed E-state index contributed by atoms with van der Waals surface area (Å²) in [5.41, 5.74) is 0.449. The first-order chi connectivity index (χ1) is 11.1. The van der Waals surface area contributed by atoms with Crippen LogP contribution in [0.2, 0.25) is 0 Å². The molecule has 2 aliphatic carbocycles. The van der Waals surface area contributed by atoms with Crippen LogP contribution in [0, 0.1) is 11.3 Å². The van der Waals surface area contributed by atoms with Crippen LogP contribution < -0.4 is 0 Å². The van der Waals surface area contributed by atoms with E-state index in [9.17, 15) is 4.79 Å². The minimum atomic E-state index is 0.236. The molecule has 23 heavy (non-hydrogen) atoms. The molecule has 1 aliphatic heterocycles. The number of piperidine rings is 1. The standard InChI is InChI=1S/C19H34N2O2/c1-4-23-18-13-17(19(18)9-5-6-10-19)20(3)14-16-7-11-21(12-8-16)15(2)22/h16-18H,4-14H2,1-3H3/t17-,18+/m1/s1.